The summed E-state index contributed by atoms with van der Waals surface area (Å²) in [5.74, 6) is -0.353. The van der Waals surface area contributed by atoms with E-state index in [1.165, 1.54) is 0 Å². The fourth-order valence-electron chi connectivity index (χ4n) is 1.60. The zero-order valence-electron chi connectivity index (χ0n) is 11.8. The molecule has 0 radical (unpaired) electrons. The first-order valence-corrected chi connectivity index (χ1v) is 6.53. The lowest BCUT2D eigenvalue weighted by atomic mass is 10.1. The summed E-state index contributed by atoms with van der Waals surface area (Å²) in [5, 5.41) is 3.15. The lowest BCUT2D eigenvalue weighted by molar-refractivity contribution is -0.149. The van der Waals surface area contributed by atoms with Crippen LogP contribution in [-0.4, -0.2) is 48.1 Å². The van der Waals surface area contributed by atoms with Crippen LogP contribution in [0.5, 0.6) is 0 Å². The molecular weight excluding hydrogens is 232 g/mol. The third-order valence-corrected chi connectivity index (χ3v) is 2.68. The Morgan fingerprint density at radius 2 is 1.94 bits per heavy atom. The van der Waals surface area contributed by atoms with Crippen molar-refractivity contribution in [2.24, 2.45) is 0 Å². The standard InChI is InChI=1S/C13H24N2O3/c1-5-18-12(17)9-15(10-6-7-10)11(16)8-14-13(2,3)4/h10,14H,5-9H2,1-4H3. The summed E-state index contributed by atoms with van der Waals surface area (Å²) in [4.78, 5) is 25.2. The van der Waals surface area contributed by atoms with E-state index in [4.69, 9.17) is 4.74 Å². The van der Waals surface area contributed by atoms with Crippen molar-refractivity contribution in [2.45, 2.75) is 52.1 Å². The van der Waals surface area contributed by atoms with Gasteiger partial charge in [-0.15, -0.1) is 0 Å². The maximum atomic E-state index is 12.1. The summed E-state index contributed by atoms with van der Waals surface area (Å²) < 4.78 is 4.89. The largest absolute Gasteiger partial charge is 0.465 e. The van der Waals surface area contributed by atoms with Crippen molar-refractivity contribution in [1.82, 2.24) is 10.2 Å². The molecule has 1 aliphatic rings. The third-order valence-electron chi connectivity index (χ3n) is 2.68. The summed E-state index contributed by atoms with van der Waals surface area (Å²) in [7, 11) is 0. The van der Waals surface area contributed by atoms with Gasteiger partial charge < -0.3 is 15.0 Å². The summed E-state index contributed by atoms with van der Waals surface area (Å²) in [6, 6.07) is 0.226. The number of carbonyl (C=O) groups is 2. The van der Waals surface area contributed by atoms with Gasteiger partial charge in [0.15, 0.2) is 0 Å². The van der Waals surface area contributed by atoms with Gasteiger partial charge in [-0.1, -0.05) is 0 Å². The van der Waals surface area contributed by atoms with Gasteiger partial charge in [0.1, 0.15) is 6.54 Å². The number of hydrogen-bond acceptors (Lipinski definition) is 4. The van der Waals surface area contributed by atoms with Gasteiger partial charge in [0.05, 0.1) is 13.2 Å². The lowest BCUT2D eigenvalue weighted by Crippen LogP contribution is -2.47. The van der Waals surface area contributed by atoms with E-state index in [2.05, 4.69) is 5.32 Å². The Kier molecular flexibility index (Phi) is 5.14. The molecule has 0 bridgehead atoms. The molecule has 1 N–H and O–H groups in total. The first kappa shape index (κ1) is 15.0. The highest BCUT2D eigenvalue weighted by molar-refractivity contribution is 5.84. The average Bonchev–Trinajstić information content (AvgIpc) is 3.06. The number of hydrogen-bond donors (Lipinski definition) is 1. The Hall–Kier alpha value is -1.10. The van der Waals surface area contributed by atoms with Gasteiger partial charge in [-0.3, -0.25) is 9.59 Å². The number of nitrogens with zero attached hydrogens (tertiary/aromatic N) is 1. The molecule has 1 saturated carbocycles. The molecule has 5 nitrogen and oxygen atoms in total. The molecule has 1 rings (SSSR count). The molecule has 0 saturated heterocycles. The van der Waals surface area contributed by atoms with Gasteiger partial charge in [-0.25, -0.2) is 0 Å². The maximum Gasteiger partial charge on any atom is 0.325 e. The van der Waals surface area contributed by atoms with Gasteiger partial charge in [0.25, 0.3) is 0 Å². The fraction of sp³-hybridized carbons (Fsp3) is 0.846. The molecule has 0 spiro atoms. The first-order chi connectivity index (χ1) is 8.33. The molecule has 0 aromatic rings. The van der Waals surface area contributed by atoms with Crippen LogP contribution in [0.4, 0.5) is 0 Å². The van der Waals surface area contributed by atoms with E-state index in [1.54, 1.807) is 11.8 Å². The fourth-order valence-corrected chi connectivity index (χ4v) is 1.60. The summed E-state index contributed by atoms with van der Waals surface area (Å²) in [6.45, 7) is 8.48. The van der Waals surface area contributed by atoms with Crippen molar-refractivity contribution in [3.05, 3.63) is 0 Å². The van der Waals surface area contributed by atoms with Crippen molar-refractivity contribution in [1.29, 1.82) is 0 Å². The highest BCUT2D eigenvalue weighted by atomic mass is 16.5. The van der Waals surface area contributed by atoms with Crippen LogP contribution in [-0.2, 0) is 14.3 Å². The van der Waals surface area contributed by atoms with Crippen molar-refractivity contribution in [2.75, 3.05) is 19.7 Å². The lowest BCUT2D eigenvalue weighted by Gasteiger charge is -2.25. The topological polar surface area (TPSA) is 58.6 Å². The van der Waals surface area contributed by atoms with Crippen molar-refractivity contribution in [3.63, 3.8) is 0 Å². The van der Waals surface area contributed by atoms with E-state index in [1.807, 2.05) is 20.8 Å². The molecule has 1 aliphatic carbocycles. The van der Waals surface area contributed by atoms with Crippen LogP contribution in [0.15, 0.2) is 0 Å². The normalized spacial score (nSPS) is 15.3. The van der Waals surface area contributed by atoms with Gasteiger partial charge in [0.2, 0.25) is 5.91 Å². The predicted octanol–water partition coefficient (Wildman–Crippen LogP) is 0.929. The highest BCUT2D eigenvalue weighted by Crippen LogP contribution is 2.26. The molecule has 1 fully saturated rings. The first-order valence-electron chi connectivity index (χ1n) is 6.53. The molecule has 0 unspecified atom stereocenters. The molecule has 0 atom stereocenters. The van der Waals surface area contributed by atoms with E-state index in [0.29, 0.717) is 6.61 Å². The number of rotatable bonds is 6. The Balaban J connectivity index is 2.46. The van der Waals surface area contributed by atoms with Gasteiger partial charge in [-0.2, -0.15) is 0 Å². The zero-order valence-corrected chi connectivity index (χ0v) is 11.8. The SMILES string of the molecule is CCOC(=O)CN(C(=O)CNC(C)(C)C)C1CC1. The molecule has 104 valence electrons. The van der Waals surface area contributed by atoms with E-state index in [9.17, 15) is 9.59 Å². The number of carbonyl (C=O) groups excluding carboxylic acids is 2. The maximum absolute atomic E-state index is 12.1. The summed E-state index contributed by atoms with van der Waals surface area (Å²) in [5.41, 5.74) is -0.102. The van der Waals surface area contributed by atoms with Crippen molar-refractivity contribution in [3.8, 4) is 0 Å². The number of esters is 1. The second-order valence-corrected chi connectivity index (χ2v) is 5.66. The van der Waals surface area contributed by atoms with E-state index < -0.39 is 0 Å². The molecule has 18 heavy (non-hydrogen) atoms. The van der Waals surface area contributed by atoms with Crippen LogP contribution in [0, 0.1) is 0 Å². The average molecular weight is 256 g/mol. The van der Waals surface area contributed by atoms with Crippen LogP contribution in [0.2, 0.25) is 0 Å². The number of ether oxygens (including phenoxy) is 1. The van der Waals surface area contributed by atoms with E-state index in [0.717, 1.165) is 12.8 Å². The number of nitrogens with one attached hydrogen (secondary N) is 1. The van der Waals surface area contributed by atoms with Crippen LogP contribution in [0.1, 0.15) is 40.5 Å². The molecule has 5 heteroatoms. The second kappa shape index (κ2) is 6.18. The number of amides is 1. The zero-order chi connectivity index (χ0) is 13.8. The van der Waals surface area contributed by atoms with E-state index >= 15 is 0 Å². The minimum atomic E-state index is -0.325. The van der Waals surface area contributed by atoms with E-state index in [-0.39, 0.29) is 36.5 Å². The van der Waals surface area contributed by atoms with Crippen molar-refractivity contribution >= 4 is 11.9 Å². The molecule has 0 heterocycles. The minimum absolute atomic E-state index is 0.0273. The van der Waals surface area contributed by atoms with Gasteiger partial charge in [0, 0.05) is 11.6 Å². The summed E-state index contributed by atoms with van der Waals surface area (Å²) in [6.07, 6.45) is 1.97. The van der Waals surface area contributed by atoms with Crippen LogP contribution in [0.25, 0.3) is 0 Å². The molecule has 0 aliphatic heterocycles. The predicted molar refractivity (Wildman–Crippen MR) is 69.1 cm³/mol. The quantitative estimate of drug-likeness (QED) is 0.718. The van der Waals surface area contributed by atoms with Crippen LogP contribution in [0.3, 0.4) is 0 Å². The Bertz CT molecular complexity index is 306. The smallest absolute Gasteiger partial charge is 0.325 e. The Morgan fingerprint density at radius 3 is 2.39 bits per heavy atom. The Morgan fingerprint density at radius 1 is 1.33 bits per heavy atom. The molecular formula is C13H24N2O3. The van der Waals surface area contributed by atoms with Crippen LogP contribution >= 0.6 is 0 Å². The van der Waals surface area contributed by atoms with Gasteiger partial charge in [-0.05, 0) is 40.5 Å². The highest BCUT2D eigenvalue weighted by Gasteiger charge is 2.34. The monoisotopic (exact) mass is 256 g/mol. The molecule has 0 aromatic heterocycles. The third kappa shape index (κ3) is 5.49. The minimum Gasteiger partial charge on any atom is -0.465 e. The Labute approximate surface area is 109 Å². The molecule has 0 aromatic carbocycles. The van der Waals surface area contributed by atoms with Gasteiger partial charge >= 0.3 is 5.97 Å². The molecule has 1 amide bonds. The second-order valence-electron chi connectivity index (χ2n) is 5.66. The summed E-state index contributed by atoms with van der Waals surface area (Å²) >= 11 is 0. The van der Waals surface area contributed by atoms with Crippen LogP contribution < -0.4 is 5.32 Å². The van der Waals surface area contributed by atoms with Crippen molar-refractivity contribution < 1.29 is 14.3 Å².